The fraction of sp³-hybridized carbons (Fsp3) is 0.235. The summed E-state index contributed by atoms with van der Waals surface area (Å²) in [6.45, 7) is 3.72. The molecule has 1 N–H and O–H groups in total. The number of nitrogens with one attached hydrogen (secondary N) is 1. The van der Waals surface area contributed by atoms with Gasteiger partial charge in [-0.3, -0.25) is 4.79 Å². The van der Waals surface area contributed by atoms with Gasteiger partial charge in [-0.2, -0.15) is 9.36 Å². The molecule has 0 saturated heterocycles. The second-order valence-electron chi connectivity index (χ2n) is 5.54. The minimum atomic E-state index is -0.303. The van der Waals surface area contributed by atoms with Gasteiger partial charge in [0, 0.05) is 18.0 Å². The lowest BCUT2D eigenvalue weighted by Crippen LogP contribution is -2.14. The van der Waals surface area contributed by atoms with Crippen LogP contribution in [0.3, 0.4) is 0 Å². The second kappa shape index (κ2) is 6.92. The first-order chi connectivity index (χ1) is 11.5. The molecule has 0 aliphatic carbocycles. The number of benzene rings is 1. The van der Waals surface area contributed by atoms with Crippen molar-refractivity contribution in [2.45, 2.75) is 26.2 Å². The third kappa shape index (κ3) is 3.86. The molecule has 124 valence electrons. The van der Waals surface area contributed by atoms with Crippen LogP contribution in [-0.4, -0.2) is 15.3 Å². The monoisotopic (exact) mass is 345 g/mol. The second-order valence-corrected chi connectivity index (χ2v) is 6.29. The molecule has 2 heterocycles. The fourth-order valence-corrected chi connectivity index (χ4v) is 2.90. The van der Waals surface area contributed by atoms with Crippen LogP contribution in [0.4, 0.5) is 9.52 Å². The standard InChI is InChI=1S/C17H16FN3O2S/c1-10(12-4-3-5-13(18)9-12)8-15(22)19-17-20-16(21-24-17)14-7-6-11(2)23-14/h3-7,9-10H,8H2,1-2H3,(H,19,20,21,22). The maximum Gasteiger partial charge on any atom is 0.226 e. The van der Waals surface area contributed by atoms with Gasteiger partial charge in [0.1, 0.15) is 11.6 Å². The Balaban J connectivity index is 1.62. The van der Waals surface area contributed by atoms with E-state index in [0.29, 0.717) is 16.7 Å². The Hall–Kier alpha value is -2.54. The van der Waals surface area contributed by atoms with E-state index in [4.69, 9.17) is 4.42 Å². The number of amides is 1. The molecule has 0 fully saturated rings. The summed E-state index contributed by atoms with van der Waals surface area (Å²) in [5, 5.41) is 3.14. The number of furan rings is 1. The topological polar surface area (TPSA) is 68.0 Å². The smallest absolute Gasteiger partial charge is 0.226 e. The summed E-state index contributed by atoms with van der Waals surface area (Å²) in [4.78, 5) is 16.4. The molecule has 1 aromatic carbocycles. The lowest BCUT2D eigenvalue weighted by atomic mass is 9.97. The van der Waals surface area contributed by atoms with Gasteiger partial charge in [0.2, 0.25) is 16.9 Å². The van der Waals surface area contributed by atoms with Gasteiger partial charge in [0.25, 0.3) is 0 Å². The first-order valence-corrected chi connectivity index (χ1v) is 8.24. The molecule has 0 saturated carbocycles. The molecule has 2 aromatic heterocycles. The quantitative estimate of drug-likeness (QED) is 0.745. The van der Waals surface area contributed by atoms with Crippen molar-refractivity contribution in [2.75, 3.05) is 5.32 Å². The Morgan fingerprint density at radius 2 is 2.21 bits per heavy atom. The molecule has 1 atom stereocenters. The molecule has 0 aliphatic rings. The first kappa shape index (κ1) is 16.3. The van der Waals surface area contributed by atoms with Crippen LogP contribution in [0.25, 0.3) is 11.6 Å². The SMILES string of the molecule is Cc1ccc(-c2nsc(NC(=O)CC(C)c3cccc(F)c3)n2)o1. The Morgan fingerprint density at radius 3 is 2.92 bits per heavy atom. The fourth-order valence-electron chi connectivity index (χ4n) is 2.31. The van der Waals surface area contributed by atoms with Crippen molar-refractivity contribution in [3.8, 4) is 11.6 Å². The van der Waals surface area contributed by atoms with Gasteiger partial charge >= 0.3 is 0 Å². The lowest BCUT2D eigenvalue weighted by molar-refractivity contribution is -0.116. The van der Waals surface area contributed by atoms with Crippen LogP contribution in [0.2, 0.25) is 0 Å². The number of aromatic nitrogens is 2. The molecular formula is C17H16FN3O2S. The average molecular weight is 345 g/mol. The maximum absolute atomic E-state index is 13.3. The lowest BCUT2D eigenvalue weighted by Gasteiger charge is -2.11. The summed E-state index contributed by atoms with van der Waals surface area (Å²) in [5.41, 5.74) is 0.786. The summed E-state index contributed by atoms with van der Waals surface area (Å²) in [6, 6.07) is 9.89. The van der Waals surface area contributed by atoms with E-state index in [1.165, 1.54) is 12.1 Å². The zero-order chi connectivity index (χ0) is 17.1. The zero-order valence-electron chi connectivity index (χ0n) is 13.2. The zero-order valence-corrected chi connectivity index (χ0v) is 14.1. The number of carbonyl (C=O) groups excluding carboxylic acids is 1. The van der Waals surface area contributed by atoms with Crippen LogP contribution >= 0.6 is 11.5 Å². The van der Waals surface area contributed by atoms with Crippen LogP contribution < -0.4 is 5.32 Å². The Labute approximate surface area is 142 Å². The first-order valence-electron chi connectivity index (χ1n) is 7.47. The van der Waals surface area contributed by atoms with Gasteiger partial charge in [-0.15, -0.1) is 0 Å². The van der Waals surface area contributed by atoms with Crippen LogP contribution in [0, 0.1) is 12.7 Å². The van der Waals surface area contributed by atoms with Crippen LogP contribution in [0.1, 0.15) is 30.6 Å². The van der Waals surface area contributed by atoms with E-state index < -0.39 is 0 Å². The van der Waals surface area contributed by atoms with E-state index in [2.05, 4.69) is 14.7 Å². The number of anilines is 1. The predicted octanol–water partition coefficient (Wildman–Crippen LogP) is 4.38. The molecule has 5 nitrogen and oxygen atoms in total. The Morgan fingerprint density at radius 1 is 1.38 bits per heavy atom. The van der Waals surface area contributed by atoms with Crippen molar-refractivity contribution >= 4 is 22.6 Å². The van der Waals surface area contributed by atoms with Gasteiger partial charge in [-0.25, -0.2) is 4.39 Å². The number of hydrogen-bond acceptors (Lipinski definition) is 5. The number of carbonyl (C=O) groups is 1. The molecular weight excluding hydrogens is 329 g/mol. The number of aryl methyl sites for hydroxylation is 1. The Bertz CT molecular complexity index is 859. The molecule has 3 aromatic rings. The van der Waals surface area contributed by atoms with Crippen molar-refractivity contribution in [1.29, 1.82) is 0 Å². The molecule has 0 bridgehead atoms. The highest BCUT2D eigenvalue weighted by Crippen LogP contribution is 2.24. The van der Waals surface area contributed by atoms with Crippen molar-refractivity contribution in [3.63, 3.8) is 0 Å². The molecule has 0 aliphatic heterocycles. The average Bonchev–Trinajstić information content (AvgIpc) is 3.16. The number of rotatable bonds is 5. The van der Waals surface area contributed by atoms with Crippen LogP contribution in [-0.2, 0) is 4.79 Å². The van der Waals surface area contributed by atoms with E-state index >= 15 is 0 Å². The van der Waals surface area contributed by atoms with E-state index in [9.17, 15) is 9.18 Å². The van der Waals surface area contributed by atoms with Crippen LogP contribution in [0.5, 0.6) is 0 Å². The predicted molar refractivity (Wildman–Crippen MR) is 90.4 cm³/mol. The van der Waals surface area contributed by atoms with E-state index in [1.54, 1.807) is 12.1 Å². The minimum absolute atomic E-state index is 0.0965. The Kier molecular flexibility index (Phi) is 4.71. The number of nitrogens with zero attached hydrogens (tertiary/aromatic N) is 2. The highest BCUT2D eigenvalue weighted by Gasteiger charge is 2.15. The van der Waals surface area contributed by atoms with Gasteiger partial charge < -0.3 is 9.73 Å². The summed E-state index contributed by atoms with van der Waals surface area (Å²) in [7, 11) is 0. The van der Waals surface area contributed by atoms with Crippen molar-refractivity contribution in [2.24, 2.45) is 0 Å². The summed E-state index contributed by atoms with van der Waals surface area (Å²) in [6.07, 6.45) is 0.234. The van der Waals surface area contributed by atoms with Crippen LogP contribution in [0.15, 0.2) is 40.8 Å². The van der Waals surface area contributed by atoms with E-state index in [0.717, 1.165) is 22.9 Å². The molecule has 24 heavy (non-hydrogen) atoms. The largest absolute Gasteiger partial charge is 0.458 e. The molecule has 0 radical (unpaired) electrons. The summed E-state index contributed by atoms with van der Waals surface area (Å²) < 4.78 is 22.9. The van der Waals surface area contributed by atoms with Crippen molar-refractivity contribution < 1.29 is 13.6 Å². The molecule has 7 heteroatoms. The minimum Gasteiger partial charge on any atom is -0.458 e. The van der Waals surface area contributed by atoms with Crippen molar-refractivity contribution in [1.82, 2.24) is 9.36 Å². The van der Waals surface area contributed by atoms with E-state index in [-0.39, 0.29) is 24.1 Å². The molecule has 1 amide bonds. The molecule has 3 rings (SSSR count). The van der Waals surface area contributed by atoms with Gasteiger partial charge in [0.05, 0.1) is 0 Å². The summed E-state index contributed by atoms with van der Waals surface area (Å²) in [5.74, 6) is 1.20. The van der Waals surface area contributed by atoms with Gasteiger partial charge in [0.15, 0.2) is 5.76 Å². The van der Waals surface area contributed by atoms with Gasteiger partial charge in [-0.05, 0) is 42.7 Å². The molecule has 0 spiro atoms. The number of halogens is 1. The molecule has 1 unspecified atom stereocenters. The summed E-state index contributed by atoms with van der Waals surface area (Å²) >= 11 is 1.09. The normalized spacial score (nSPS) is 12.1. The van der Waals surface area contributed by atoms with E-state index in [1.807, 2.05) is 26.0 Å². The highest BCUT2D eigenvalue weighted by atomic mass is 32.1. The van der Waals surface area contributed by atoms with Gasteiger partial charge in [-0.1, -0.05) is 19.1 Å². The third-order valence-electron chi connectivity index (χ3n) is 3.54. The maximum atomic E-state index is 13.3. The van der Waals surface area contributed by atoms with Crippen molar-refractivity contribution in [3.05, 3.63) is 53.5 Å². The highest BCUT2D eigenvalue weighted by molar-refractivity contribution is 7.10. The number of hydrogen-bond donors (Lipinski definition) is 1. The third-order valence-corrected chi connectivity index (χ3v) is 4.17.